The van der Waals surface area contributed by atoms with Gasteiger partial charge in [0.25, 0.3) is 0 Å². The Kier molecular flexibility index (Phi) is 4.59. The van der Waals surface area contributed by atoms with Crippen molar-refractivity contribution < 1.29 is 18.1 Å². The van der Waals surface area contributed by atoms with Crippen LogP contribution in [0.2, 0.25) is 0 Å². The molecule has 2 aliphatic rings. The van der Waals surface area contributed by atoms with Gasteiger partial charge in [-0.25, -0.2) is 0 Å². The van der Waals surface area contributed by atoms with Gasteiger partial charge in [-0.15, -0.1) is 4.31 Å². The molecule has 3 rings (SSSR count). The zero-order chi connectivity index (χ0) is 15.7. The van der Waals surface area contributed by atoms with Crippen molar-refractivity contribution in [2.75, 3.05) is 26.2 Å². The lowest BCUT2D eigenvalue weighted by atomic mass is 10.2. The van der Waals surface area contributed by atoms with E-state index in [4.69, 9.17) is 0 Å². The van der Waals surface area contributed by atoms with Crippen LogP contribution in [0.15, 0.2) is 29.2 Å². The van der Waals surface area contributed by atoms with Gasteiger partial charge in [0, 0.05) is 18.6 Å². The van der Waals surface area contributed by atoms with Crippen LogP contribution >= 0.6 is 0 Å². The van der Waals surface area contributed by atoms with Crippen LogP contribution in [-0.4, -0.2) is 52.1 Å². The van der Waals surface area contributed by atoms with Gasteiger partial charge in [-0.2, -0.15) is 8.78 Å². The van der Waals surface area contributed by atoms with Crippen LogP contribution < -0.4 is 4.74 Å². The molecule has 0 radical (unpaired) electrons. The molecule has 7 heteroatoms. The summed E-state index contributed by atoms with van der Waals surface area (Å²) in [5, 5.41) is 0. The second-order valence-corrected chi connectivity index (χ2v) is 7.50. The first-order valence-electron chi connectivity index (χ1n) is 7.45. The Morgan fingerprint density at radius 3 is 2.23 bits per heavy atom. The largest absolute Gasteiger partial charge is 0.593 e. The van der Waals surface area contributed by atoms with Crippen LogP contribution in [-0.2, 0) is 11.4 Å². The predicted octanol–water partition coefficient (Wildman–Crippen LogP) is 2.48. The molecule has 4 nitrogen and oxygen atoms in total. The Morgan fingerprint density at radius 1 is 1.14 bits per heavy atom. The average Bonchev–Trinajstić information content (AvgIpc) is 3.26. The van der Waals surface area contributed by atoms with E-state index >= 15 is 0 Å². The molecule has 1 aliphatic carbocycles. The Hall–Kier alpha value is -0.890. The van der Waals surface area contributed by atoms with E-state index in [0.29, 0.717) is 10.4 Å². The first kappa shape index (κ1) is 16.0. The van der Waals surface area contributed by atoms with E-state index in [0.717, 1.165) is 26.2 Å². The quantitative estimate of drug-likeness (QED) is 0.778. The molecule has 0 spiro atoms. The van der Waals surface area contributed by atoms with Crippen LogP contribution in [0.5, 0.6) is 5.75 Å². The first-order valence-corrected chi connectivity index (χ1v) is 8.55. The highest BCUT2D eigenvalue weighted by atomic mass is 32.2. The maximum absolute atomic E-state index is 12.5. The molecule has 1 atom stereocenters. The number of ether oxygens (including phenoxy) is 1. The topological polar surface area (TPSA) is 38.8 Å². The highest BCUT2D eigenvalue weighted by Gasteiger charge is 2.45. The molecular formula is C15H20F2N2O2S. The number of rotatable bonds is 5. The average molecular weight is 330 g/mol. The van der Waals surface area contributed by atoms with Gasteiger partial charge < -0.3 is 9.29 Å². The van der Waals surface area contributed by atoms with Crippen molar-refractivity contribution in [3.63, 3.8) is 0 Å². The van der Waals surface area contributed by atoms with Crippen molar-refractivity contribution in [3.05, 3.63) is 24.3 Å². The molecule has 2 fully saturated rings. The lowest BCUT2D eigenvalue weighted by molar-refractivity contribution is -0.0498. The number of benzene rings is 1. The zero-order valence-electron chi connectivity index (χ0n) is 12.5. The van der Waals surface area contributed by atoms with Crippen LogP contribution in [0.1, 0.15) is 19.8 Å². The van der Waals surface area contributed by atoms with Crippen LogP contribution in [0, 0.1) is 0 Å². The second kappa shape index (κ2) is 6.31. The molecule has 1 saturated heterocycles. The molecule has 1 aromatic carbocycles. The van der Waals surface area contributed by atoms with Crippen molar-refractivity contribution in [1.82, 2.24) is 9.21 Å². The smallest absolute Gasteiger partial charge is 0.387 e. The maximum Gasteiger partial charge on any atom is 0.387 e. The van der Waals surface area contributed by atoms with Crippen LogP contribution in [0.25, 0.3) is 0 Å². The summed E-state index contributed by atoms with van der Waals surface area (Å²) in [7, 11) is 0. The van der Waals surface area contributed by atoms with Gasteiger partial charge in [0.05, 0.1) is 24.5 Å². The molecular weight excluding hydrogens is 310 g/mol. The molecule has 0 aromatic heterocycles. The fraction of sp³-hybridized carbons (Fsp3) is 0.600. The molecule has 0 amide bonds. The standard InChI is InChI=1S/C15H20F2N2O2S/c1-15(6-7-15)18-8-10-19(11-9-18)22(20)13-4-2-12(3-5-13)21-14(16)17/h2-5,14H,6-11H2,1H3. The highest BCUT2D eigenvalue weighted by Crippen LogP contribution is 2.41. The number of piperazine rings is 1. The number of halogens is 2. The van der Waals surface area contributed by atoms with Gasteiger partial charge in [-0.05, 0) is 44.0 Å². The fourth-order valence-corrected chi connectivity index (χ4v) is 3.94. The monoisotopic (exact) mass is 330 g/mol. The number of alkyl halides is 2. The fourth-order valence-electron chi connectivity index (χ4n) is 2.78. The number of hydrogen-bond acceptors (Lipinski definition) is 4. The minimum Gasteiger partial charge on any atom is -0.593 e. The summed E-state index contributed by atoms with van der Waals surface area (Å²) in [6, 6.07) is 6.03. The van der Waals surface area contributed by atoms with Crippen molar-refractivity contribution in [1.29, 1.82) is 0 Å². The third-order valence-corrected chi connectivity index (χ3v) is 5.97. The van der Waals surface area contributed by atoms with E-state index in [1.165, 1.54) is 25.0 Å². The maximum atomic E-state index is 12.5. The summed E-state index contributed by atoms with van der Waals surface area (Å²) in [5.74, 6) is 0.0854. The molecule has 122 valence electrons. The summed E-state index contributed by atoms with van der Waals surface area (Å²) >= 11 is -1.25. The number of nitrogens with zero attached hydrogens (tertiary/aromatic N) is 2. The molecule has 22 heavy (non-hydrogen) atoms. The van der Waals surface area contributed by atoms with E-state index in [-0.39, 0.29) is 5.75 Å². The summed E-state index contributed by atoms with van der Waals surface area (Å²) < 4.78 is 43.0. The van der Waals surface area contributed by atoms with E-state index in [9.17, 15) is 13.3 Å². The zero-order valence-corrected chi connectivity index (χ0v) is 13.3. The Morgan fingerprint density at radius 2 is 1.73 bits per heavy atom. The molecule has 1 heterocycles. The Bertz CT molecular complexity index is 503. The Balaban J connectivity index is 1.56. The highest BCUT2D eigenvalue weighted by molar-refractivity contribution is 7.89. The normalized spacial score (nSPS) is 23.5. The van der Waals surface area contributed by atoms with Crippen molar-refractivity contribution in [3.8, 4) is 5.75 Å². The molecule has 1 unspecified atom stereocenters. The van der Waals surface area contributed by atoms with Crippen molar-refractivity contribution in [2.24, 2.45) is 0 Å². The molecule has 1 aromatic rings. The third kappa shape index (κ3) is 3.53. The van der Waals surface area contributed by atoms with Crippen molar-refractivity contribution >= 4 is 11.4 Å². The Labute approximate surface area is 132 Å². The second-order valence-electron chi connectivity index (χ2n) is 6.01. The van der Waals surface area contributed by atoms with Gasteiger partial charge >= 0.3 is 6.61 Å². The van der Waals surface area contributed by atoms with Crippen molar-refractivity contribution in [2.45, 2.75) is 36.8 Å². The molecule has 1 saturated carbocycles. The summed E-state index contributed by atoms with van der Waals surface area (Å²) in [5.41, 5.74) is 0.363. The van der Waals surface area contributed by atoms with Gasteiger partial charge in [0.1, 0.15) is 5.75 Å². The SMILES string of the molecule is CC1(N2CCN([S+]([O-])c3ccc(OC(F)F)cc3)CC2)CC1. The van der Waals surface area contributed by atoms with Gasteiger partial charge in [-0.1, -0.05) is 0 Å². The van der Waals surface area contributed by atoms with Crippen LogP contribution in [0.4, 0.5) is 8.78 Å². The minimum absolute atomic E-state index is 0.0854. The predicted molar refractivity (Wildman–Crippen MR) is 80.3 cm³/mol. The molecule has 0 bridgehead atoms. The third-order valence-electron chi connectivity index (χ3n) is 4.46. The molecule has 1 aliphatic heterocycles. The van der Waals surface area contributed by atoms with E-state index < -0.39 is 18.0 Å². The minimum atomic E-state index is -2.84. The van der Waals surface area contributed by atoms with E-state index in [2.05, 4.69) is 16.6 Å². The van der Waals surface area contributed by atoms with E-state index in [1.807, 2.05) is 4.31 Å². The summed E-state index contributed by atoms with van der Waals surface area (Å²) in [6.45, 7) is 2.81. The lowest BCUT2D eigenvalue weighted by Crippen LogP contribution is -2.52. The van der Waals surface area contributed by atoms with Gasteiger partial charge in [-0.3, -0.25) is 4.90 Å². The number of hydrogen-bond donors (Lipinski definition) is 0. The van der Waals surface area contributed by atoms with E-state index in [1.54, 1.807) is 12.1 Å². The summed E-state index contributed by atoms with van der Waals surface area (Å²) in [6.07, 6.45) is 2.50. The lowest BCUT2D eigenvalue weighted by Gasteiger charge is -2.37. The van der Waals surface area contributed by atoms with Crippen LogP contribution in [0.3, 0.4) is 0 Å². The first-order chi connectivity index (χ1) is 10.5. The molecule has 0 N–H and O–H groups in total. The summed E-state index contributed by atoms with van der Waals surface area (Å²) in [4.78, 5) is 3.09. The van der Waals surface area contributed by atoms with Gasteiger partial charge in [0.2, 0.25) is 0 Å². The van der Waals surface area contributed by atoms with Gasteiger partial charge in [0.15, 0.2) is 4.90 Å².